The van der Waals surface area contributed by atoms with Gasteiger partial charge in [0.25, 0.3) is 0 Å². The first kappa shape index (κ1) is 11.8. The lowest BCUT2D eigenvalue weighted by atomic mass is 10.1. The minimum absolute atomic E-state index is 0.213. The van der Waals surface area contributed by atoms with E-state index in [4.69, 9.17) is 5.73 Å². The van der Waals surface area contributed by atoms with Crippen molar-refractivity contribution in [3.05, 3.63) is 53.6 Å². The van der Waals surface area contributed by atoms with Crippen molar-refractivity contribution in [2.45, 2.75) is 13.5 Å². The summed E-state index contributed by atoms with van der Waals surface area (Å²) in [7, 11) is 0. The van der Waals surface area contributed by atoms with E-state index in [0.29, 0.717) is 12.1 Å². The van der Waals surface area contributed by atoms with Crippen LogP contribution in [0.5, 0.6) is 0 Å². The average Bonchev–Trinajstić information content (AvgIpc) is 2.84. The quantitative estimate of drug-likeness (QED) is 0.765. The van der Waals surface area contributed by atoms with Crippen LogP contribution < -0.4 is 5.73 Å². The number of aryl methyl sites for hydroxylation is 1. The topological polar surface area (TPSA) is 56.2 Å². The van der Waals surface area contributed by atoms with Gasteiger partial charge < -0.3 is 5.73 Å². The van der Waals surface area contributed by atoms with Crippen molar-refractivity contribution < 1.29 is 4.39 Å². The molecule has 0 unspecified atom stereocenters. The van der Waals surface area contributed by atoms with Gasteiger partial charge in [-0.1, -0.05) is 0 Å². The number of fused-ring (bicyclic) bond motifs is 1. The second-order valence-electron chi connectivity index (χ2n) is 4.41. The van der Waals surface area contributed by atoms with Gasteiger partial charge in [-0.3, -0.25) is 0 Å². The largest absolute Gasteiger partial charge is 0.325 e. The number of imidazole rings is 1. The lowest BCUT2D eigenvalue weighted by molar-refractivity contribution is 0.618. The molecule has 3 rings (SSSR count). The van der Waals surface area contributed by atoms with Gasteiger partial charge in [-0.15, -0.1) is 0 Å². The number of nitrogens with two attached hydrogens (primary N) is 1. The molecule has 4 nitrogen and oxygen atoms in total. The molecule has 1 aromatic carbocycles. The van der Waals surface area contributed by atoms with E-state index in [0.717, 1.165) is 22.6 Å². The molecule has 0 atom stereocenters. The first-order valence-corrected chi connectivity index (χ1v) is 5.99. The van der Waals surface area contributed by atoms with Crippen molar-refractivity contribution in [2.75, 3.05) is 0 Å². The molecule has 0 spiro atoms. The highest BCUT2D eigenvalue weighted by molar-refractivity contribution is 5.61. The van der Waals surface area contributed by atoms with Crippen LogP contribution in [-0.2, 0) is 6.54 Å². The molecule has 5 heteroatoms. The minimum atomic E-state index is -0.213. The number of aromatic nitrogens is 3. The summed E-state index contributed by atoms with van der Waals surface area (Å²) >= 11 is 0. The Balaban J connectivity index is 2.16. The van der Waals surface area contributed by atoms with Crippen LogP contribution >= 0.6 is 0 Å². The molecule has 2 aromatic heterocycles. The van der Waals surface area contributed by atoms with Gasteiger partial charge >= 0.3 is 0 Å². The molecule has 2 N–H and O–H groups in total. The highest BCUT2D eigenvalue weighted by atomic mass is 19.1. The Morgan fingerprint density at radius 1 is 1.26 bits per heavy atom. The smallest absolute Gasteiger partial charge is 0.153 e. The molecule has 0 aliphatic rings. The van der Waals surface area contributed by atoms with Crippen LogP contribution in [0.4, 0.5) is 4.39 Å². The van der Waals surface area contributed by atoms with E-state index >= 15 is 0 Å². The number of halogens is 1. The Morgan fingerprint density at radius 2 is 2.11 bits per heavy atom. The van der Waals surface area contributed by atoms with Crippen LogP contribution in [0.1, 0.15) is 11.3 Å². The first-order valence-electron chi connectivity index (χ1n) is 5.99. The normalized spacial score (nSPS) is 11.1. The number of hydrogen-bond acceptors (Lipinski definition) is 3. The molecule has 0 amide bonds. The second-order valence-corrected chi connectivity index (χ2v) is 4.41. The van der Waals surface area contributed by atoms with Gasteiger partial charge in [0.15, 0.2) is 5.65 Å². The molecular formula is C14H13FN4. The van der Waals surface area contributed by atoms with Gasteiger partial charge in [-0.25, -0.2) is 13.9 Å². The maximum absolute atomic E-state index is 13.3. The molecule has 3 aromatic rings. The predicted octanol–water partition coefficient (Wildman–Crippen LogP) is 2.30. The van der Waals surface area contributed by atoms with Gasteiger partial charge in [0.2, 0.25) is 0 Å². The maximum Gasteiger partial charge on any atom is 0.153 e. The Morgan fingerprint density at radius 3 is 2.84 bits per heavy atom. The van der Waals surface area contributed by atoms with Gasteiger partial charge in [-0.05, 0) is 42.8 Å². The van der Waals surface area contributed by atoms with E-state index in [2.05, 4.69) is 10.1 Å². The molecule has 0 radical (unpaired) electrons. The summed E-state index contributed by atoms with van der Waals surface area (Å²) in [5.41, 5.74) is 9.48. The van der Waals surface area contributed by atoms with Crippen molar-refractivity contribution in [3.8, 4) is 11.3 Å². The number of benzene rings is 1. The third-order valence-corrected chi connectivity index (χ3v) is 3.10. The van der Waals surface area contributed by atoms with E-state index in [-0.39, 0.29) is 5.82 Å². The third-order valence-electron chi connectivity index (χ3n) is 3.10. The van der Waals surface area contributed by atoms with Crippen molar-refractivity contribution in [3.63, 3.8) is 0 Å². The number of hydrogen-bond donors (Lipinski definition) is 1. The van der Waals surface area contributed by atoms with E-state index in [1.807, 2.05) is 12.1 Å². The summed E-state index contributed by atoms with van der Waals surface area (Å²) in [5, 5.41) is 4.50. The Bertz CT molecular complexity index is 748. The molecule has 2 heterocycles. The lowest BCUT2D eigenvalue weighted by Gasteiger charge is -2.05. The Kier molecular flexibility index (Phi) is 2.76. The molecular weight excluding hydrogens is 243 g/mol. The van der Waals surface area contributed by atoms with E-state index in [1.165, 1.54) is 6.07 Å². The fraction of sp³-hybridized carbons (Fsp3) is 0.143. The van der Waals surface area contributed by atoms with Gasteiger partial charge in [0, 0.05) is 12.1 Å². The first-order chi connectivity index (χ1) is 9.19. The van der Waals surface area contributed by atoms with Gasteiger partial charge in [0.1, 0.15) is 5.82 Å². The lowest BCUT2D eigenvalue weighted by Crippen LogP contribution is -2.04. The Hall–Kier alpha value is -2.27. The van der Waals surface area contributed by atoms with Crippen molar-refractivity contribution in [2.24, 2.45) is 5.73 Å². The highest BCUT2D eigenvalue weighted by Gasteiger charge is 2.07. The third kappa shape index (κ3) is 1.98. The van der Waals surface area contributed by atoms with Crippen LogP contribution in [0.3, 0.4) is 0 Å². The highest BCUT2D eigenvalue weighted by Crippen LogP contribution is 2.20. The summed E-state index contributed by atoms with van der Waals surface area (Å²) in [4.78, 5) is 4.22. The summed E-state index contributed by atoms with van der Waals surface area (Å²) < 4.78 is 15.0. The summed E-state index contributed by atoms with van der Waals surface area (Å²) in [5.74, 6) is -0.213. The monoisotopic (exact) mass is 256 g/mol. The SMILES string of the molecule is Cc1cc(-c2ccc3ncc(CN)n3n2)ccc1F. The van der Waals surface area contributed by atoms with E-state index < -0.39 is 0 Å². The van der Waals surface area contributed by atoms with E-state index in [1.54, 1.807) is 29.8 Å². The zero-order valence-corrected chi connectivity index (χ0v) is 10.5. The van der Waals surface area contributed by atoms with Crippen LogP contribution in [0.2, 0.25) is 0 Å². The van der Waals surface area contributed by atoms with Crippen LogP contribution in [0, 0.1) is 12.7 Å². The standard InChI is InChI=1S/C14H13FN4/c1-9-6-10(2-3-12(9)15)13-4-5-14-17-8-11(7-16)19(14)18-13/h2-6,8H,7,16H2,1H3. The molecule has 0 bridgehead atoms. The van der Waals surface area contributed by atoms with Gasteiger partial charge in [-0.2, -0.15) is 5.10 Å². The molecule has 0 aliphatic heterocycles. The second kappa shape index (κ2) is 4.44. The van der Waals surface area contributed by atoms with E-state index in [9.17, 15) is 4.39 Å². The fourth-order valence-corrected chi connectivity index (χ4v) is 2.02. The molecule has 0 fully saturated rings. The molecule has 0 saturated carbocycles. The summed E-state index contributed by atoms with van der Waals surface area (Å²) in [6, 6.07) is 8.70. The molecule has 19 heavy (non-hydrogen) atoms. The molecule has 0 saturated heterocycles. The zero-order chi connectivity index (χ0) is 13.4. The summed E-state index contributed by atoms with van der Waals surface area (Å²) in [6.07, 6.45) is 1.71. The number of nitrogens with zero attached hydrogens (tertiary/aromatic N) is 3. The van der Waals surface area contributed by atoms with Gasteiger partial charge in [0.05, 0.1) is 17.6 Å². The molecule has 0 aliphatic carbocycles. The summed E-state index contributed by atoms with van der Waals surface area (Å²) in [6.45, 7) is 2.11. The fourth-order valence-electron chi connectivity index (χ4n) is 2.02. The van der Waals surface area contributed by atoms with Crippen molar-refractivity contribution in [1.82, 2.24) is 14.6 Å². The Labute approximate surface area is 109 Å². The van der Waals surface area contributed by atoms with Crippen LogP contribution in [-0.4, -0.2) is 14.6 Å². The van der Waals surface area contributed by atoms with Crippen LogP contribution in [0.15, 0.2) is 36.5 Å². The predicted molar refractivity (Wildman–Crippen MR) is 71.0 cm³/mol. The van der Waals surface area contributed by atoms with Crippen molar-refractivity contribution in [1.29, 1.82) is 0 Å². The minimum Gasteiger partial charge on any atom is -0.325 e. The number of rotatable bonds is 2. The van der Waals surface area contributed by atoms with Crippen LogP contribution in [0.25, 0.3) is 16.9 Å². The molecule has 96 valence electrons. The average molecular weight is 256 g/mol. The maximum atomic E-state index is 13.3. The van der Waals surface area contributed by atoms with Crippen molar-refractivity contribution >= 4 is 5.65 Å². The zero-order valence-electron chi connectivity index (χ0n) is 10.5.